The molecule has 2 N–H and O–H groups in total. The van der Waals surface area contributed by atoms with Crippen LogP contribution >= 0.6 is 0 Å². The van der Waals surface area contributed by atoms with E-state index in [1.165, 1.54) is 6.42 Å². The Bertz CT molecular complexity index is 467. The standard InChI is InChI=1S/C17H28N2O4/c1-12-4-2-3-7-19(12)16(22)18-8-5-14(6-9-18)17(23)10-13(11-17)15(20)21/h12-14,23H,2-11H2,1H3,(H,20,21). The Hall–Kier alpha value is -1.30. The molecule has 2 saturated heterocycles. The molecule has 6 heteroatoms. The second-order valence-electron chi connectivity index (χ2n) is 7.63. The lowest BCUT2D eigenvalue weighted by atomic mass is 9.62. The summed E-state index contributed by atoms with van der Waals surface area (Å²) in [6.07, 6.45) is 5.65. The molecule has 2 amide bonds. The van der Waals surface area contributed by atoms with E-state index in [1.807, 2.05) is 9.80 Å². The first-order chi connectivity index (χ1) is 10.9. The van der Waals surface area contributed by atoms with Crippen LogP contribution in [-0.2, 0) is 4.79 Å². The number of aliphatic carboxylic acids is 1. The highest BCUT2D eigenvalue weighted by Gasteiger charge is 2.51. The molecule has 130 valence electrons. The van der Waals surface area contributed by atoms with E-state index >= 15 is 0 Å². The molecule has 1 saturated carbocycles. The van der Waals surface area contributed by atoms with Gasteiger partial charge in [0.05, 0.1) is 11.5 Å². The molecule has 3 fully saturated rings. The van der Waals surface area contributed by atoms with Crippen molar-refractivity contribution in [2.75, 3.05) is 19.6 Å². The van der Waals surface area contributed by atoms with E-state index < -0.39 is 17.5 Å². The first-order valence-corrected chi connectivity index (χ1v) is 8.91. The number of carboxylic acids is 1. The smallest absolute Gasteiger partial charge is 0.320 e. The molecule has 23 heavy (non-hydrogen) atoms. The maximum absolute atomic E-state index is 12.7. The first kappa shape index (κ1) is 16.6. The normalized spacial score (nSPS) is 35.7. The van der Waals surface area contributed by atoms with Crippen LogP contribution in [0.25, 0.3) is 0 Å². The maximum atomic E-state index is 12.7. The summed E-state index contributed by atoms with van der Waals surface area (Å²) in [7, 11) is 0. The lowest BCUT2D eigenvalue weighted by molar-refractivity contribution is -0.169. The zero-order valence-corrected chi connectivity index (χ0v) is 13.9. The number of rotatable bonds is 2. The summed E-state index contributed by atoms with van der Waals surface area (Å²) in [6, 6.07) is 0.459. The number of hydrogen-bond acceptors (Lipinski definition) is 3. The highest BCUT2D eigenvalue weighted by atomic mass is 16.4. The minimum Gasteiger partial charge on any atom is -0.481 e. The van der Waals surface area contributed by atoms with E-state index in [0.29, 0.717) is 32.0 Å². The third kappa shape index (κ3) is 3.18. The van der Waals surface area contributed by atoms with E-state index in [9.17, 15) is 14.7 Å². The van der Waals surface area contributed by atoms with Crippen molar-refractivity contribution in [1.29, 1.82) is 0 Å². The number of likely N-dealkylation sites (tertiary alicyclic amines) is 2. The topological polar surface area (TPSA) is 81.1 Å². The number of hydrogen-bond donors (Lipinski definition) is 2. The lowest BCUT2D eigenvalue weighted by Crippen LogP contribution is -2.57. The van der Waals surface area contributed by atoms with Gasteiger partial charge in [0.25, 0.3) is 0 Å². The van der Waals surface area contributed by atoms with Crippen LogP contribution in [0.15, 0.2) is 0 Å². The van der Waals surface area contributed by atoms with Gasteiger partial charge in [-0.05, 0) is 57.8 Å². The van der Waals surface area contributed by atoms with E-state index in [0.717, 1.165) is 32.2 Å². The molecule has 0 aromatic rings. The van der Waals surface area contributed by atoms with Crippen LogP contribution in [0.3, 0.4) is 0 Å². The Labute approximate surface area is 137 Å². The van der Waals surface area contributed by atoms with E-state index in [-0.39, 0.29) is 11.9 Å². The van der Waals surface area contributed by atoms with Crippen LogP contribution in [0.5, 0.6) is 0 Å². The Balaban J connectivity index is 1.51. The molecule has 0 bridgehead atoms. The average molecular weight is 324 g/mol. The monoisotopic (exact) mass is 324 g/mol. The lowest BCUT2D eigenvalue weighted by Gasteiger charge is -2.50. The molecular formula is C17H28N2O4. The predicted octanol–water partition coefficient (Wildman–Crippen LogP) is 1.92. The number of nitrogens with zero attached hydrogens (tertiary/aromatic N) is 2. The van der Waals surface area contributed by atoms with Crippen LogP contribution in [-0.4, -0.2) is 63.3 Å². The van der Waals surface area contributed by atoms with Gasteiger partial charge in [0.15, 0.2) is 0 Å². The molecule has 0 aromatic heterocycles. The molecule has 2 aliphatic heterocycles. The average Bonchev–Trinajstić information content (AvgIpc) is 2.51. The number of aliphatic hydroxyl groups is 1. The van der Waals surface area contributed by atoms with Gasteiger partial charge in [-0.25, -0.2) is 4.79 Å². The zero-order chi connectivity index (χ0) is 16.6. The highest BCUT2D eigenvalue weighted by Crippen LogP contribution is 2.46. The summed E-state index contributed by atoms with van der Waals surface area (Å²) in [6.45, 7) is 4.32. The van der Waals surface area contributed by atoms with Crippen molar-refractivity contribution in [3.8, 4) is 0 Å². The van der Waals surface area contributed by atoms with Gasteiger partial charge in [-0.3, -0.25) is 4.79 Å². The third-order valence-corrected chi connectivity index (χ3v) is 6.12. The Morgan fingerprint density at radius 1 is 1.04 bits per heavy atom. The summed E-state index contributed by atoms with van der Waals surface area (Å²) >= 11 is 0. The van der Waals surface area contributed by atoms with Crippen LogP contribution in [0, 0.1) is 11.8 Å². The molecule has 1 atom stereocenters. The second kappa shape index (κ2) is 6.30. The first-order valence-electron chi connectivity index (χ1n) is 8.91. The highest BCUT2D eigenvalue weighted by molar-refractivity contribution is 5.75. The van der Waals surface area contributed by atoms with Crippen molar-refractivity contribution in [3.05, 3.63) is 0 Å². The van der Waals surface area contributed by atoms with Crippen molar-refractivity contribution in [2.45, 2.75) is 63.5 Å². The van der Waals surface area contributed by atoms with Crippen molar-refractivity contribution in [1.82, 2.24) is 9.80 Å². The molecule has 0 spiro atoms. The molecule has 2 heterocycles. The van der Waals surface area contributed by atoms with E-state index in [2.05, 4.69) is 6.92 Å². The SMILES string of the molecule is CC1CCCCN1C(=O)N1CCC(C2(O)CC(C(=O)O)C2)CC1. The molecule has 1 aliphatic carbocycles. The third-order valence-electron chi connectivity index (χ3n) is 6.12. The van der Waals surface area contributed by atoms with Crippen molar-refractivity contribution in [2.24, 2.45) is 11.8 Å². The van der Waals surface area contributed by atoms with Gasteiger partial charge in [0.1, 0.15) is 0 Å². The van der Waals surface area contributed by atoms with Gasteiger partial charge in [-0.1, -0.05) is 0 Å². The number of piperidine rings is 2. The molecule has 6 nitrogen and oxygen atoms in total. The van der Waals surface area contributed by atoms with Crippen LogP contribution in [0.2, 0.25) is 0 Å². The molecule has 0 aromatic carbocycles. The number of amides is 2. The molecule has 0 radical (unpaired) electrons. The van der Waals surface area contributed by atoms with Gasteiger partial charge < -0.3 is 20.0 Å². The second-order valence-corrected chi connectivity index (χ2v) is 7.63. The van der Waals surface area contributed by atoms with Gasteiger partial charge >= 0.3 is 12.0 Å². The molecule has 1 unspecified atom stereocenters. The summed E-state index contributed by atoms with van der Waals surface area (Å²) < 4.78 is 0. The fourth-order valence-electron chi connectivity index (χ4n) is 4.47. The van der Waals surface area contributed by atoms with Gasteiger partial charge in [-0.2, -0.15) is 0 Å². The Kier molecular flexibility index (Phi) is 4.54. The zero-order valence-electron chi connectivity index (χ0n) is 13.9. The van der Waals surface area contributed by atoms with Crippen molar-refractivity contribution >= 4 is 12.0 Å². The van der Waals surface area contributed by atoms with Crippen molar-refractivity contribution < 1.29 is 19.8 Å². The summed E-state index contributed by atoms with van der Waals surface area (Å²) in [5, 5.41) is 19.6. The quantitative estimate of drug-likeness (QED) is 0.813. The number of carbonyl (C=O) groups is 2. The Morgan fingerprint density at radius 2 is 1.70 bits per heavy atom. The van der Waals surface area contributed by atoms with E-state index in [1.54, 1.807) is 0 Å². The van der Waals surface area contributed by atoms with E-state index in [4.69, 9.17) is 5.11 Å². The van der Waals surface area contributed by atoms with Crippen LogP contribution < -0.4 is 0 Å². The summed E-state index contributed by atoms with van der Waals surface area (Å²) in [4.78, 5) is 27.5. The van der Waals surface area contributed by atoms with Gasteiger partial charge in [0, 0.05) is 25.7 Å². The Morgan fingerprint density at radius 3 is 2.26 bits per heavy atom. The fourth-order valence-corrected chi connectivity index (χ4v) is 4.47. The minimum atomic E-state index is -0.823. The number of carbonyl (C=O) groups excluding carboxylic acids is 1. The molecule has 3 rings (SSSR count). The molecular weight excluding hydrogens is 296 g/mol. The number of carboxylic acid groups (broad SMARTS) is 1. The fraction of sp³-hybridized carbons (Fsp3) is 0.882. The predicted molar refractivity (Wildman–Crippen MR) is 85.0 cm³/mol. The number of urea groups is 1. The van der Waals surface area contributed by atoms with Crippen LogP contribution in [0.1, 0.15) is 51.9 Å². The van der Waals surface area contributed by atoms with Gasteiger partial charge in [-0.15, -0.1) is 0 Å². The van der Waals surface area contributed by atoms with Crippen molar-refractivity contribution in [3.63, 3.8) is 0 Å². The van der Waals surface area contributed by atoms with Crippen LogP contribution in [0.4, 0.5) is 4.79 Å². The minimum absolute atomic E-state index is 0.126. The molecule has 3 aliphatic rings. The summed E-state index contributed by atoms with van der Waals surface area (Å²) in [5.74, 6) is -1.07. The maximum Gasteiger partial charge on any atom is 0.320 e. The summed E-state index contributed by atoms with van der Waals surface area (Å²) in [5.41, 5.74) is -0.823. The van der Waals surface area contributed by atoms with Gasteiger partial charge in [0.2, 0.25) is 0 Å². The largest absolute Gasteiger partial charge is 0.481 e.